The minimum atomic E-state index is -0.249. The van der Waals surface area contributed by atoms with Gasteiger partial charge in [-0.05, 0) is 59.7 Å². The number of hydrogen-bond donors (Lipinski definition) is 4. The zero-order valence-electron chi connectivity index (χ0n) is 16.7. The Kier molecular flexibility index (Phi) is 5.76. The second kappa shape index (κ2) is 8.97. The quantitative estimate of drug-likeness (QED) is 0.202. The maximum atomic E-state index is 9.51. The van der Waals surface area contributed by atoms with E-state index in [0.717, 1.165) is 11.1 Å². The topological polar surface area (TPSA) is 130 Å². The molecule has 8 heteroatoms. The van der Waals surface area contributed by atoms with E-state index in [4.69, 9.17) is 0 Å². The fraction of sp³-hybridized carbons (Fsp3) is 0. The third-order valence-electron chi connectivity index (χ3n) is 4.55. The van der Waals surface area contributed by atoms with Crippen LogP contribution in [-0.2, 0) is 0 Å². The van der Waals surface area contributed by atoms with E-state index in [0.29, 0.717) is 22.7 Å². The minimum Gasteiger partial charge on any atom is -0.504 e. The fourth-order valence-corrected chi connectivity index (χ4v) is 2.82. The Hall–Kier alpha value is -4.72. The molecule has 0 radical (unpaired) electrons. The Morgan fingerprint density at radius 1 is 0.344 bits per heavy atom. The summed E-state index contributed by atoms with van der Waals surface area (Å²) < 4.78 is 0. The van der Waals surface area contributed by atoms with Crippen molar-refractivity contribution in [2.75, 3.05) is 0 Å². The first-order valence-corrected chi connectivity index (χ1v) is 9.56. The Balaban J connectivity index is 1.43. The van der Waals surface area contributed by atoms with Gasteiger partial charge < -0.3 is 20.4 Å². The summed E-state index contributed by atoms with van der Waals surface area (Å²) in [6, 6.07) is 23.4. The van der Waals surface area contributed by atoms with E-state index in [-0.39, 0.29) is 23.0 Å². The van der Waals surface area contributed by atoms with Crippen molar-refractivity contribution in [3.8, 4) is 34.1 Å². The van der Waals surface area contributed by atoms with Gasteiger partial charge in [-0.1, -0.05) is 24.3 Å². The van der Waals surface area contributed by atoms with E-state index in [1.165, 1.54) is 24.3 Å². The zero-order valence-corrected chi connectivity index (χ0v) is 16.7. The van der Waals surface area contributed by atoms with Crippen LogP contribution in [0.1, 0.15) is 0 Å². The number of aromatic hydroxyl groups is 4. The molecule has 4 aromatic rings. The predicted octanol–water partition coefficient (Wildman–Crippen LogP) is 7.01. The highest BCUT2D eigenvalue weighted by molar-refractivity contribution is 5.67. The van der Waals surface area contributed by atoms with Crippen LogP contribution in [0.3, 0.4) is 0 Å². The summed E-state index contributed by atoms with van der Waals surface area (Å²) in [6.07, 6.45) is 0. The van der Waals surface area contributed by atoms with Crippen LogP contribution < -0.4 is 0 Å². The molecule has 0 aliphatic heterocycles. The highest BCUT2D eigenvalue weighted by Crippen LogP contribution is 2.32. The molecule has 0 saturated carbocycles. The molecule has 0 saturated heterocycles. The number of phenolic OH excluding ortho intramolecular Hbond substituents is 4. The molecule has 0 bridgehead atoms. The highest BCUT2D eigenvalue weighted by atomic mass is 16.3. The summed E-state index contributed by atoms with van der Waals surface area (Å²) in [5.74, 6) is -0.914. The van der Waals surface area contributed by atoms with Crippen molar-refractivity contribution < 1.29 is 20.4 Å². The van der Waals surface area contributed by atoms with Gasteiger partial charge in [-0.2, -0.15) is 20.5 Å². The molecule has 4 N–H and O–H groups in total. The van der Waals surface area contributed by atoms with Gasteiger partial charge >= 0.3 is 0 Å². The molecule has 4 rings (SSSR count). The summed E-state index contributed by atoms with van der Waals surface area (Å²) in [4.78, 5) is 0. The number of azo groups is 2. The molecule has 0 fully saturated rings. The van der Waals surface area contributed by atoms with E-state index in [9.17, 15) is 20.4 Å². The lowest BCUT2D eigenvalue weighted by Crippen LogP contribution is -1.76. The number of phenols is 4. The standard InChI is InChI=1S/C24H18N4O4/c29-21-11-9-19(13-23(21)31)27-25-17-5-1-15(2-6-17)16-3-7-18(8-4-16)26-28-20-10-12-22(30)24(32)14-20/h1-14,29-32H. The Morgan fingerprint density at radius 2 is 0.656 bits per heavy atom. The van der Waals surface area contributed by atoms with Crippen molar-refractivity contribution in [3.63, 3.8) is 0 Å². The lowest BCUT2D eigenvalue weighted by Gasteiger charge is -2.03. The largest absolute Gasteiger partial charge is 0.504 e. The summed E-state index contributed by atoms with van der Waals surface area (Å²) in [5, 5.41) is 54.1. The van der Waals surface area contributed by atoms with Crippen LogP contribution in [0.15, 0.2) is 105 Å². The first-order valence-electron chi connectivity index (χ1n) is 9.56. The third-order valence-corrected chi connectivity index (χ3v) is 4.55. The van der Waals surface area contributed by atoms with E-state index in [1.807, 2.05) is 48.5 Å². The van der Waals surface area contributed by atoms with Crippen molar-refractivity contribution in [2.45, 2.75) is 0 Å². The average molecular weight is 426 g/mol. The molecule has 0 atom stereocenters. The molecule has 0 aliphatic carbocycles. The number of rotatable bonds is 5. The van der Waals surface area contributed by atoms with Gasteiger partial charge in [0.2, 0.25) is 0 Å². The van der Waals surface area contributed by atoms with Gasteiger partial charge in [0.25, 0.3) is 0 Å². The number of nitrogens with zero attached hydrogens (tertiary/aromatic N) is 4. The van der Waals surface area contributed by atoms with Crippen molar-refractivity contribution >= 4 is 22.7 Å². The Labute approximate surface area is 183 Å². The molecule has 0 unspecified atom stereocenters. The van der Waals surface area contributed by atoms with Crippen LogP contribution in [-0.4, -0.2) is 20.4 Å². The molecular weight excluding hydrogens is 408 g/mol. The van der Waals surface area contributed by atoms with Gasteiger partial charge in [0, 0.05) is 12.1 Å². The van der Waals surface area contributed by atoms with Crippen LogP contribution >= 0.6 is 0 Å². The molecule has 158 valence electrons. The number of hydrogen-bond acceptors (Lipinski definition) is 8. The smallest absolute Gasteiger partial charge is 0.159 e. The lowest BCUT2D eigenvalue weighted by atomic mass is 10.1. The van der Waals surface area contributed by atoms with Crippen molar-refractivity contribution in [3.05, 3.63) is 84.9 Å². The summed E-state index contributed by atoms with van der Waals surface area (Å²) in [5.41, 5.74) is 4.11. The van der Waals surface area contributed by atoms with E-state index in [2.05, 4.69) is 20.5 Å². The van der Waals surface area contributed by atoms with Crippen LogP contribution in [0.2, 0.25) is 0 Å². The van der Waals surface area contributed by atoms with Crippen LogP contribution in [0.4, 0.5) is 22.7 Å². The normalized spacial score (nSPS) is 11.4. The van der Waals surface area contributed by atoms with E-state index < -0.39 is 0 Å². The van der Waals surface area contributed by atoms with Crippen molar-refractivity contribution in [1.82, 2.24) is 0 Å². The third kappa shape index (κ3) is 4.88. The predicted molar refractivity (Wildman–Crippen MR) is 120 cm³/mol. The zero-order chi connectivity index (χ0) is 22.5. The van der Waals surface area contributed by atoms with Gasteiger partial charge in [-0.15, -0.1) is 0 Å². The SMILES string of the molecule is Oc1ccc(N=Nc2ccc(-c3ccc(N=Nc4ccc(O)c(O)c4)cc3)cc2)cc1O. The minimum absolute atomic E-state index is 0.208. The molecule has 0 heterocycles. The van der Waals surface area contributed by atoms with Gasteiger partial charge in [0.15, 0.2) is 23.0 Å². The fourth-order valence-electron chi connectivity index (χ4n) is 2.82. The maximum Gasteiger partial charge on any atom is 0.159 e. The highest BCUT2D eigenvalue weighted by Gasteiger charge is 2.02. The molecule has 0 amide bonds. The first kappa shape index (κ1) is 20.5. The van der Waals surface area contributed by atoms with Gasteiger partial charge in [-0.3, -0.25) is 0 Å². The molecular formula is C24H18N4O4. The molecule has 32 heavy (non-hydrogen) atoms. The molecule has 0 spiro atoms. The molecule has 0 aliphatic rings. The van der Waals surface area contributed by atoms with Crippen molar-refractivity contribution in [1.29, 1.82) is 0 Å². The van der Waals surface area contributed by atoms with E-state index in [1.54, 1.807) is 12.1 Å². The summed E-state index contributed by atoms with van der Waals surface area (Å²) in [6.45, 7) is 0. The Bertz CT molecular complexity index is 1200. The molecule has 4 aromatic carbocycles. The Morgan fingerprint density at radius 3 is 1.00 bits per heavy atom. The van der Waals surface area contributed by atoms with Gasteiger partial charge in [0.1, 0.15) is 0 Å². The first-order chi connectivity index (χ1) is 15.5. The second-order valence-electron chi connectivity index (χ2n) is 6.84. The summed E-state index contributed by atoms with van der Waals surface area (Å²) >= 11 is 0. The second-order valence-corrected chi connectivity index (χ2v) is 6.84. The molecule has 8 nitrogen and oxygen atoms in total. The lowest BCUT2D eigenvalue weighted by molar-refractivity contribution is 0.404. The van der Waals surface area contributed by atoms with Gasteiger partial charge in [0.05, 0.1) is 22.7 Å². The van der Waals surface area contributed by atoms with Crippen molar-refractivity contribution in [2.24, 2.45) is 20.5 Å². The van der Waals surface area contributed by atoms with E-state index >= 15 is 0 Å². The van der Waals surface area contributed by atoms with Gasteiger partial charge in [-0.25, -0.2) is 0 Å². The molecule has 0 aromatic heterocycles. The maximum absolute atomic E-state index is 9.51. The van der Waals surface area contributed by atoms with Crippen LogP contribution in [0.25, 0.3) is 11.1 Å². The van der Waals surface area contributed by atoms with Crippen LogP contribution in [0, 0.1) is 0 Å². The average Bonchev–Trinajstić information content (AvgIpc) is 2.81. The monoisotopic (exact) mass is 426 g/mol. The van der Waals surface area contributed by atoms with Crippen LogP contribution in [0.5, 0.6) is 23.0 Å². The number of benzene rings is 4. The summed E-state index contributed by atoms with van der Waals surface area (Å²) in [7, 11) is 0.